The van der Waals surface area contributed by atoms with E-state index in [1.165, 1.54) is 30.4 Å². The minimum Gasteiger partial charge on any atom is -0.478 e. The molecule has 0 aliphatic heterocycles. The average molecular weight is 384 g/mol. The van der Waals surface area contributed by atoms with Crippen LogP contribution in [0.25, 0.3) is 21.8 Å². The SMILES string of the molecule is CC(=O)NCCc1ccc(-c2csc(-c3cccc(C(=O)O)c3)n2)cc1F. The Balaban J connectivity index is 1.80. The third-order valence-electron chi connectivity index (χ3n) is 3.98. The average Bonchev–Trinajstić information content (AvgIpc) is 3.13. The maximum absolute atomic E-state index is 14.3. The number of thiazole rings is 1. The molecule has 0 atom stereocenters. The molecule has 3 aromatic rings. The first kappa shape index (κ1) is 18.7. The lowest BCUT2D eigenvalue weighted by Crippen LogP contribution is -2.22. The highest BCUT2D eigenvalue weighted by atomic mass is 32.1. The van der Waals surface area contributed by atoms with Crippen LogP contribution in [0.15, 0.2) is 47.8 Å². The zero-order chi connectivity index (χ0) is 19.4. The van der Waals surface area contributed by atoms with E-state index in [-0.39, 0.29) is 17.3 Å². The maximum Gasteiger partial charge on any atom is 0.335 e. The van der Waals surface area contributed by atoms with Crippen LogP contribution < -0.4 is 5.32 Å². The van der Waals surface area contributed by atoms with Gasteiger partial charge in [0.25, 0.3) is 0 Å². The molecule has 5 nitrogen and oxygen atoms in total. The molecule has 1 amide bonds. The number of nitrogens with one attached hydrogen (secondary N) is 1. The Kier molecular flexibility index (Phi) is 5.61. The predicted molar refractivity (Wildman–Crippen MR) is 102 cm³/mol. The molecule has 2 N–H and O–H groups in total. The second-order valence-corrected chi connectivity index (χ2v) is 6.82. The Labute approximate surface area is 159 Å². The molecule has 1 aromatic heterocycles. The van der Waals surface area contributed by atoms with Crippen molar-refractivity contribution in [3.63, 3.8) is 0 Å². The lowest BCUT2D eigenvalue weighted by atomic mass is 10.1. The quantitative estimate of drug-likeness (QED) is 0.673. The van der Waals surface area contributed by atoms with Crippen LogP contribution in [-0.4, -0.2) is 28.5 Å². The number of aromatic nitrogens is 1. The van der Waals surface area contributed by atoms with Gasteiger partial charge in [-0.15, -0.1) is 11.3 Å². The molecule has 0 spiro atoms. The van der Waals surface area contributed by atoms with Gasteiger partial charge < -0.3 is 10.4 Å². The van der Waals surface area contributed by atoms with E-state index in [0.29, 0.717) is 40.4 Å². The van der Waals surface area contributed by atoms with Crippen LogP contribution in [0.1, 0.15) is 22.8 Å². The largest absolute Gasteiger partial charge is 0.478 e. The highest BCUT2D eigenvalue weighted by molar-refractivity contribution is 7.13. The van der Waals surface area contributed by atoms with E-state index in [0.717, 1.165) is 0 Å². The van der Waals surface area contributed by atoms with Gasteiger partial charge in [0.05, 0.1) is 11.3 Å². The summed E-state index contributed by atoms with van der Waals surface area (Å²) in [6, 6.07) is 11.5. The Morgan fingerprint density at radius 2 is 2.00 bits per heavy atom. The molecule has 0 unspecified atom stereocenters. The van der Waals surface area contributed by atoms with Gasteiger partial charge in [-0.3, -0.25) is 4.79 Å². The number of hydrogen-bond donors (Lipinski definition) is 2. The third-order valence-corrected chi connectivity index (χ3v) is 4.87. The molecule has 3 rings (SSSR count). The number of hydrogen-bond acceptors (Lipinski definition) is 4. The number of amides is 1. The van der Waals surface area contributed by atoms with Crippen LogP contribution in [0.4, 0.5) is 4.39 Å². The van der Waals surface area contributed by atoms with Crippen LogP contribution in [-0.2, 0) is 11.2 Å². The summed E-state index contributed by atoms with van der Waals surface area (Å²) in [5, 5.41) is 14.2. The zero-order valence-electron chi connectivity index (χ0n) is 14.5. The van der Waals surface area contributed by atoms with Gasteiger partial charge in [0.15, 0.2) is 0 Å². The maximum atomic E-state index is 14.3. The monoisotopic (exact) mass is 384 g/mol. The van der Waals surface area contributed by atoms with Crippen molar-refractivity contribution in [1.29, 1.82) is 0 Å². The fourth-order valence-electron chi connectivity index (χ4n) is 2.61. The lowest BCUT2D eigenvalue weighted by Gasteiger charge is -2.06. The molecule has 0 saturated carbocycles. The number of carboxylic acids is 1. The van der Waals surface area contributed by atoms with Crippen molar-refractivity contribution in [3.8, 4) is 21.8 Å². The van der Waals surface area contributed by atoms with E-state index in [4.69, 9.17) is 5.11 Å². The van der Waals surface area contributed by atoms with Crippen LogP contribution in [0.3, 0.4) is 0 Å². The number of carbonyl (C=O) groups excluding carboxylic acids is 1. The van der Waals surface area contributed by atoms with Crippen molar-refractivity contribution < 1.29 is 19.1 Å². The third kappa shape index (κ3) is 4.57. The summed E-state index contributed by atoms with van der Waals surface area (Å²) in [4.78, 5) is 26.5. The van der Waals surface area contributed by atoms with Crippen molar-refractivity contribution in [3.05, 3.63) is 64.8 Å². The Morgan fingerprint density at radius 1 is 1.19 bits per heavy atom. The fourth-order valence-corrected chi connectivity index (χ4v) is 3.43. The van der Waals surface area contributed by atoms with Crippen LogP contribution in [0.2, 0.25) is 0 Å². The van der Waals surface area contributed by atoms with Crippen LogP contribution >= 0.6 is 11.3 Å². The Morgan fingerprint density at radius 3 is 2.70 bits per heavy atom. The molecule has 0 bridgehead atoms. The van der Waals surface area contributed by atoms with E-state index >= 15 is 0 Å². The van der Waals surface area contributed by atoms with Crippen molar-refractivity contribution in [2.24, 2.45) is 0 Å². The van der Waals surface area contributed by atoms with Gasteiger partial charge in [-0.1, -0.05) is 24.3 Å². The molecule has 0 aliphatic rings. The molecule has 0 aliphatic carbocycles. The van der Waals surface area contributed by atoms with E-state index in [9.17, 15) is 14.0 Å². The Bertz CT molecular complexity index is 1000. The Hall–Kier alpha value is -3.06. The molecule has 1 heterocycles. The van der Waals surface area contributed by atoms with Crippen LogP contribution in [0, 0.1) is 5.82 Å². The number of rotatable bonds is 6. The molecule has 27 heavy (non-hydrogen) atoms. The number of halogens is 1. The molecular weight excluding hydrogens is 367 g/mol. The summed E-state index contributed by atoms with van der Waals surface area (Å²) in [5.41, 5.74) is 2.70. The van der Waals surface area contributed by atoms with Gasteiger partial charge in [0.1, 0.15) is 10.8 Å². The first-order valence-corrected chi connectivity index (χ1v) is 9.14. The van der Waals surface area contributed by atoms with E-state index in [2.05, 4.69) is 10.3 Å². The second kappa shape index (κ2) is 8.09. The van der Waals surface area contributed by atoms with Gasteiger partial charge >= 0.3 is 5.97 Å². The lowest BCUT2D eigenvalue weighted by molar-refractivity contribution is -0.118. The minimum absolute atomic E-state index is 0.144. The summed E-state index contributed by atoms with van der Waals surface area (Å²) in [7, 11) is 0. The highest BCUT2D eigenvalue weighted by Gasteiger charge is 2.11. The first-order valence-electron chi connectivity index (χ1n) is 8.26. The summed E-state index contributed by atoms with van der Waals surface area (Å²) in [6.45, 7) is 1.80. The number of carboxylic acid groups (broad SMARTS) is 1. The minimum atomic E-state index is -0.995. The zero-order valence-corrected chi connectivity index (χ0v) is 15.3. The van der Waals surface area contributed by atoms with E-state index < -0.39 is 5.97 Å². The number of aromatic carboxylic acids is 1. The van der Waals surface area contributed by atoms with Gasteiger partial charge in [-0.05, 0) is 30.2 Å². The normalized spacial score (nSPS) is 10.6. The molecule has 0 fully saturated rings. The molecule has 0 radical (unpaired) electrons. The summed E-state index contributed by atoms with van der Waals surface area (Å²) < 4.78 is 14.3. The number of benzene rings is 2. The highest BCUT2D eigenvalue weighted by Crippen LogP contribution is 2.30. The summed E-state index contributed by atoms with van der Waals surface area (Å²) in [6.07, 6.45) is 0.413. The van der Waals surface area contributed by atoms with Crippen LogP contribution in [0.5, 0.6) is 0 Å². The standard InChI is InChI=1S/C20H17FN2O3S/c1-12(24)22-8-7-13-5-6-14(10-17(13)21)18-11-27-19(23-18)15-3-2-4-16(9-15)20(25)26/h2-6,9-11H,7-8H2,1H3,(H,22,24)(H,25,26). The number of carbonyl (C=O) groups is 2. The number of nitrogens with zero attached hydrogens (tertiary/aromatic N) is 1. The summed E-state index contributed by atoms with van der Waals surface area (Å²) in [5.74, 6) is -1.49. The van der Waals surface area contributed by atoms with Gasteiger partial charge in [0.2, 0.25) is 5.91 Å². The predicted octanol–water partition coefficient (Wildman–Crippen LogP) is 3.99. The van der Waals surface area contributed by atoms with Crippen molar-refractivity contribution in [1.82, 2.24) is 10.3 Å². The van der Waals surface area contributed by atoms with Crippen molar-refractivity contribution in [2.45, 2.75) is 13.3 Å². The molecule has 7 heteroatoms. The molecule has 0 saturated heterocycles. The van der Waals surface area contributed by atoms with Gasteiger partial charge in [0, 0.05) is 30.0 Å². The smallest absolute Gasteiger partial charge is 0.335 e. The molecular formula is C20H17FN2O3S. The second-order valence-electron chi connectivity index (χ2n) is 5.96. The van der Waals surface area contributed by atoms with Crippen molar-refractivity contribution >= 4 is 23.2 Å². The van der Waals surface area contributed by atoms with Crippen molar-refractivity contribution in [2.75, 3.05) is 6.54 Å². The first-order chi connectivity index (χ1) is 12.9. The fraction of sp³-hybridized carbons (Fsp3) is 0.150. The van der Waals surface area contributed by atoms with Gasteiger partial charge in [-0.2, -0.15) is 0 Å². The van der Waals surface area contributed by atoms with E-state index in [1.54, 1.807) is 30.3 Å². The molecule has 138 valence electrons. The molecule has 2 aromatic carbocycles. The topological polar surface area (TPSA) is 79.3 Å². The van der Waals surface area contributed by atoms with E-state index in [1.807, 2.05) is 5.38 Å². The van der Waals surface area contributed by atoms with Gasteiger partial charge in [-0.25, -0.2) is 14.2 Å². The summed E-state index contributed by atoms with van der Waals surface area (Å²) >= 11 is 1.37.